The third-order valence-corrected chi connectivity index (χ3v) is 5.44. The lowest BCUT2D eigenvalue weighted by Crippen LogP contribution is -2.57. The van der Waals surface area contributed by atoms with Gasteiger partial charge in [-0.3, -0.25) is 4.79 Å². The van der Waals surface area contributed by atoms with Crippen molar-refractivity contribution in [2.24, 2.45) is 0 Å². The molecule has 0 bridgehead atoms. The summed E-state index contributed by atoms with van der Waals surface area (Å²) in [5.74, 6) is -0.0769. The Hall–Kier alpha value is -2.44. The van der Waals surface area contributed by atoms with E-state index < -0.39 is 12.1 Å². The number of amides is 2. The van der Waals surface area contributed by atoms with E-state index >= 15 is 0 Å². The van der Waals surface area contributed by atoms with Gasteiger partial charge in [-0.25, -0.2) is 4.79 Å². The van der Waals surface area contributed by atoms with Crippen molar-refractivity contribution in [1.29, 1.82) is 0 Å². The molecule has 0 aromatic rings. The molecule has 1 aliphatic carbocycles. The summed E-state index contributed by atoms with van der Waals surface area (Å²) >= 11 is 0. The molecule has 3 aliphatic rings. The van der Waals surface area contributed by atoms with E-state index in [0.29, 0.717) is 13.0 Å². The standard InChI is InChI=1S/C19H28N4O3/c1-20-12-17(13-5-3-2-4-6-13)21-11-15-8-7-14-9-10-16(22-19(25)26)18(24)23(14)15/h2-3,5,12,14-16,20-22H,4,6-11H2,1H3,(H,25,26)/b17-12-/t14-,15+,16+/m1/s1. The van der Waals surface area contributed by atoms with E-state index in [0.717, 1.165) is 37.8 Å². The van der Waals surface area contributed by atoms with Crippen LogP contribution in [0.4, 0.5) is 4.79 Å². The number of carboxylic acid groups (broad SMARTS) is 1. The highest BCUT2D eigenvalue weighted by Gasteiger charge is 2.43. The first kappa shape index (κ1) is 18.4. The molecule has 2 aliphatic heterocycles. The van der Waals surface area contributed by atoms with Crippen molar-refractivity contribution in [2.75, 3.05) is 13.6 Å². The zero-order chi connectivity index (χ0) is 18.5. The van der Waals surface area contributed by atoms with Crippen LogP contribution in [0.15, 0.2) is 35.7 Å². The van der Waals surface area contributed by atoms with E-state index in [9.17, 15) is 9.59 Å². The summed E-state index contributed by atoms with van der Waals surface area (Å²) in [5, 5.41) is 17.9. The molecule has 2 fully saturated rings. The molecule has 26 heavy (non-hydrogen) atoms. The first-order chi connectivity index (χ1) is 12.6. The van der Waals surface area contributed by atoms with E-state index in [1.54, 1.807) is 0 Å². The summed E-state index contributed by atoms with van der Waals surface area (Å²) in [6.45, 7) is 0.677. The molecule has 7 nitrogen and oxygen atoms in total. The van der Waals surface area contributed by atoms with Gasteiger partial charge in [0.1, 0.15) is 6.04 Å². The van der Waals surface area contributed by atoms with Crippen LogP contribution in [0.3, 0.4) is 0 Å². The quantitative estimate of drug-likeness (QED) is 0.579. The second kappa shape index (κ2) is 8.29. The van der Waals surface area contributed by atoms with Crippen LogP contribution in [-0.2, 0) is 4.79 Å². The zero-order valence-electron chi connectivity index (χ0n) is 15.2. The summed E-state index contributed by atoms with van der Waals surface area (Å²) in [4.78, 5) is 25.6. The van der Waals surface area contributed by atoms with Crippen LogP contribution in [0, 0.1) is 0 Å². The molecule has 142 valence electrons. The fourth-order valence-corrected chi connectivity index (χ4v) is 4.21. The van der Waals surface area contributed by atoms with Crippen LogP contribution in [0.1, 0.15) is 38.5 Å². The van der Waals surface area contributed by atoms with E-state index in [1.165, 1.54) is 5.57 Å². The van der Waals surface area contributed by atoms with Gasteiger partial charge in [0.25, 0.3) is 0 Å². The average molecular weight is 360 g/mol. The van der Waals surface area contributed by atoms with E-state index in [4.69, 9.17) is 5.11 Å². The van der Waals surface area contributed by atoms with Crippen LogP contribution in [0.5, 0.6) is 0 Å². The lowest BCUT2D eigenvalue weighted by molar-refractivity contribution is -0.139. The van der Waals surface area contributed by atoms with Gasteiger partial charge in [-0.2, -0.15) is 0 Å². The normalized spacial score (nSPS) is 28.4. The van der Waals surface area contributed by atoms with Crippen LogP contribution >= 0.6 is 0 Å². The largest absolute Gasteiger partial charge is 0.465 e. The smallest absolute Gasteiger partial charge is 0.405 e. The Bertz CT molecular complexity index is 641. The highest BCUT2D eigenvalue weighted by molar-refractivity contribution is 5.86. The Balaban J connectivity index is 1.64. The third-order valence-electron chi connectivity index (χ3n) is 5.44. The van der Waals surface area contributed by atoms with Crippen LogP contribution in [0.25, 0.3) is 0 Å². The minimum absolute atomic E-state index is 0.0769. The fourth-order valence-electron chi connectivity index (χ4n) is 4.21. The van der Waals surface area contributed by atoms with Gasteiger partial charge in [0.05, 0.1) is 5.70 Å². The first-order valence-corrected chi connectivity index (χ1v) is 9.39. The maximum atomic E-state index is 12.7. The second-order valence-electron chi connectivity index (χ2n) is 7.10. The molecule has 4 N–H and O–H groups in total. The number of nitrogens with zero attached hydrogens (tertiary/aromatic N) is 1. The lowest BCUT2D eigenvalue weighted by atomic mass is 9.98. The molecular formula is C19H28N4O3. The number of carbonyl (C=O) groups is 2. The monoisotopic (exact) mass is 360 g/mol. The van der Waals surface area contributed by atoms with Gasteiger partial charge < -0.3 is 26.0 Å². The van der Waals surface area contributed by atoms with Crippen molar-refractivity contribution in [2.45, 2.75) is 56.7 Å². The molecule has 0 radical (unpaired) electrons. The van der Waals surface area contributed by atoms with Crippen molar-refractivity contribution in [3.8, 4) is 0 Å². The molecule has 3 rings (SSSR count). The summed E-state index contributed by atoms with van der Waals surface area (Å²) in [5.41, 5.74) is 2.32. The van der Waals surface area contributed by atoms with Crippen molar-refractivity contribution >= 4 is 12.0 Å². The van der Waals surface area contributed by atoms with Crippen molar-refractivity contribution in [3.63, 3.8) is 0 Å². The van der Waals surface area contributed by atoms with Crippen LogP contribution < -0.4 is 16.0 Å². The SMILES string of the molecule is CN/C=C(\NC[C@@H]1CC[C@@H]2CC[C@H](NC(=O)O)C(=O)N21)C1=CC=CCC1. The van der Waals surface area contributed by atoms with Crippen molar-refractivity contribution < 1.29 is 14.7 Å². The summed E-state index contributed by atoms with van der Waals surface area (Å²) in [7, 11) is 1.88. The molecule has 7 heteroatoms. The number of fused-ring (bicyclic) bond motifs is 1. The Labute approximate surface area is 154 Å². The number of piperidine rings is 1. The molecular weight excluding hydrogens is 332 g/mol. The zero-order valence-corrected chi connectivity index (χ0v) is 15.2. The highest BCUT2D eigenvalue weighted by atomic mass is 16.4. The number of hydrogen-bond donors (Lipinski definition) is 4. The fraction of sp³-hybridized carbons (Fsp3) is 0.579. The number of nitrogens with one attached hydrogen (secondary N) is 3. The molecule has 2 amide bonds. The summed E-state index contributed by atoms with van der Waals surface area (Å²) in [6.07, 6.45) is 12.6. The lowest BCUT2D eigenvalue weighted by Gasteiger charge is -2.38. The predicted molar refractivity (Wildman–Crippen MR) is 99.4 cm³/mol. The Morgan fingerprint density at radius 3 is 2.85 bits per heavy atom. The second-order valence-corrected chi connectivity index (χ2v) is 7.10. The van der Waals surface area contributed by atoms with Gasteiger partial charge in [0.15, 0.2) is 0 Å². The van der Waals surface area contributed by atoms with Gasteiger partial charge in [-0.15, -0.1) is 0 Å². The molecule has 2 saturated heterocycles. The van der Waals surface area contributed by atoms with Crippen molar-refractivity contribution in [3.05, 3.63) is 35.7 Å². The number of rotatable bonds is 6. The number of hydrogen-bond acceptors (Lipinski definition) is 4. The van der Waals surface area contributed by atoms with Gasteiger partial charge in [0, 0.05) is 31.9 Å². The van der Waals surface area contributed by atoms with E-state index in [-0.39, 0.29) is 18.0 Å². The van der Waals surface area contributed by atoms with E-state index in [2.05, 4.69) is 34.2 Å². The third kappa shape index (κ3) is 4.03. The average Bonchev–Trinajstić information content (AvgIpc) is 3.05. The van der Waals surface area contributed by atoms with E-state index in [1.807, 2.05) is 18.1 Å². The van der Waals surface area contributed by atoms with Gasteiger partial charge in [-0.05, 0) is 44.1 Å². The molecule has 0 spiro atoms. The maximum absolute atomic E-state index is 12.7. The Morgan fingerprint density at radius 1 is 1.35 bits per heavy atom. The minimum Gasteiger partial charge on any atom is -0.465 e. The first-order valence-electron chi connectivity index (χ1n) is 9.39. The summed E-state index contributed by atoms with van der Waals surface area (Å²) in [6, 6.07) is -0.261. The maximum Gasteiger partial charge on any atom is 0.405 e. The predicted octanol–water partition coefficient (Wildman–Crippen LogP) is 1.70. The molecule has 0 saturated carbocycles. The van der Waals surface area contributed by atoms with Gasteiger partial charge in [-0.1, -0.05) is 18.2 Å². The summed E-state index contributed by atoms with van der Waals surface area (Å²) < 4.78 is 0. The highest BCUT2D eigenvalue weighted by Crippen LogP contribution is 2.32. The number of allylic oxidation sites excluding steroid dienone is 4. The van der Waals surface area contributed by atoms with Crippen LogP contribution in [0.2, 0.25) is 0 Å². The molecule has 0 aromatic heterocycles. The minimum atomic E-state index is -1.13. The molecule has 2 heterocycles. The van der Waals surface area contributed by atoms with Crippen LogP contribution in [-0.4, -0.2) is 53.7 Å². The molecule has 3 atom stereocenters. The van der Waals surface area contributed by atoms with Crippen molar-refractivity contribution in [1.82, 2.24) is 20.9 Å². The Morgan fingerprint density at radius 2 is 2.15 bits per heavy atom. The molecule has 0 unspecified atom stereocenters. The number of carbonyl (C=O) groups excluding carboxylic acids is 1. The van der Waals surface area contributed by atoms with Gasteiger partial charge >= 0.3 is 6.09 Å². The van der Waals surface area contributed by atoms with Gasteiger partial charge in [0.2, 0.25) is 5.91 Å². The Kier molecular flexibility index (Phi) is 5.85. The topological polar surface area (TPSA) is 93.7 Å². The molecule has 0 aromatic carbocycles.